The highest BCUT2D eigenvalue weighted by atomic mass is 16.3. The van der Waals surface area contributed by atoms with Crippen LogP contribution in [0.15, 0.2) is 162 Å². The monoisotopic (exact) mass is 702 g/mol. The van der Waals surface area contributed by atoms with E-state index >= 15 is 0 Å². The average Bonchev–Trinajstić information content (AvgIpc) is 3.79. The van der Waals surface area contributed by atoms with Crippen molar-refractivity contribution in [1.82, 2.24) is 0 Å². The molecule has 0 bridgehead atoms. The number of hydrogen-bond donors (Lipinski definition) is 0. The van der Waals surface area contributed by atoms with E-state index in [9.17, 15) is 0 Å². The van der Waals surface area contributed by atoms with Gasteiger partial charge < -0.3 is 4.42 Å². The minimum Gasteiger partial charge on any atom is -0.455 e. The van der Waals surface area contributed by atoms with Crippen LogP contribution in [0.2, 0.25) is 0 Å². The Balaban J connectivity index is 1.08. The molecular weight excluding hydrogens is 665 g/mol. The Morgan fingerprint density at radius 1 is 0.345 bits per heavy atom. The van der Waals surface area contributed by atoms with Crippen LogP contribution in [0.3, 0.4) is 0 Å². The molecule has 0 saturated carbocycles. The lowest BCUT2D eigenvalue weighted by Crippen LogP contribution is -2.15. The Labute approximate surface area is 320 Å². The molecule has 0 radical (unpaired) electrons. The van der Waals surface area contributed by atoms with Gasteiger partial charge in [-0.3, -0.25) is 0 Å². The van der Waals surface area contributed by atoms with E-state index in [1.807, 2.05) is 0 Å². The Kier molecular flexibility index (Phi) is 5.98. The molecule has 0 aliphatic heterocycles. The Morgan fingerprint density at radius 2 is 0.818 bits per heavy atom. The second kappa shape index (κ2) is 10.6. The van der Waals surface area contributed by atoms with Crippen molar-refractivity contribution in [2.45, 2.75) is 38.5 Å². The van der Waals surface area contributed by atoms with Crippen LogP contribution in [0.5, 0.6) is 0 Å². The zero-order valence-corrected chi connectivity index (χ0v) is 31.4. The Hall–Kier alpha value is -6.44. The Bertz CT molecular complexity index is 3260. The third kappa shape index (κ3) is 3.98. The summed E-state index contributed by atoms with van der Waals surface area (Å²) in [4.78, 5) is 0. The largest absolute Gasteiger partial charge is 0.455 e. The van der Waals surface area contributed by atoms with Crippen molar-refractivity contribution in [2.75, 3.05) is 0 Å². The summed E-state index contributed by atoms with van der Waals surface area (Å²) >= 11 is 0. The quantitative estimate of drug-likeness (QED) is 0.163. The van der Waals surface area contributed by atoms with E-state index in [1.54, 1.807) is 0 Å². The van der Waals surface area contributed by atoms with E-state index in [0.29, 0.717) is 0 Å². The molecule has 0 unspecified atom stereocenters. The standard InChI is InChI=1S/C54H38O/c1-53(2)45-19-11-9-13-33(45)43-29-31(21-27-46(43)53)49-35-15-5-7-17-37(35)50(38-18-8-6-16-36(38)49)32-22-28-47-44(30-32)40-24-26-42-39(51(40)54(47,3)4)23-25-41-34-14-10-12-20-48(34)55-52(41)42/h5-30H,1-4H3. The highest BCUT2D eigenvalue weighted by Gasteiger charge is 2.38. The van der Waals surface area contributed by atoms with Crippen LogP contribution in [0.4, 0.5) is 0 Å². The first-order chi connectivity index (χ1) is 26.8. The van der Waals surface area contributed by atoms with Gasteiger partial charge in [0.25, 0.3) is 0 Å². The molecule has 55 heavy (non-hydrogen) atoms. The first-order valence-electron chi connectivity index (χ1n) is 19.5. The molecule has 0 saturated heterocycles. The summed E-state index contributed by atoms with van der Waals surface area (Å²) in [7, 11) is 0. The maximum absolute atomic E-state index is 6.52. The highest BCUT2D eigenvalue weighted by Crippen LogP contribution is 2.55. The second-order valence-electron chi connectivity index (χ2n) is 16.8. The minimum absolute atomic E-state index is 0.0227. The number of furan rings is 1. The van der Waals surface area contributed by atoms with Crippen LogP contribution < -0.4 is 0 Å². The summed E-state index contributed by atoms with van der Waals surface area (Å²) in [6, 6.07) is 59.0. The lowest BCUT2D eigenvalue weighted by atomic mass is 9.79. The average molecular weight is 703 g/mol. The Morgan fingerprint density at radius 3 is 1.47 bits per heavy atom. The van der Waals surface area contributed by atoms with Gasteiger partial charge in [-0.25, -0.2) is 0 Å². The molecule has 1 heteroatoms. The molecule has 1 heterocycles. The number of rotatable bonds is 2. The molecule has 260 valence electrons. The molecule has 2 aliphatic carbocycles. The third-order valence-electron chi connectivity index (χ3n) is 13.2. The van der Waals surface area contributed by atoms with E-state index in [-0.39, 0.29) is 10.8 Å². The first kappa shape index (κ1) is 31.0. The maximum Gasteiger partial charge on any atom is 0.143 e. The van der Waals surface area contributed by atoms with E-state index in [2.05, 4.69) is 185 Å². The van der Waals surface area contributed by atoms with Crippen LogP contribution in [-0.4, -0.2) is 0 Å². The first-order valence-corrected chi connectivity index (χ1v) is 19.5. The van der Waals surface area contributed by atoms with Gasteiger partial charge in [0.05, 0.1) is 0 Å². The molecule has 1 aromatic heterocycles. The summed E-state index contributed by atoms with van der Waals surface area (Å²) in [5.74, 6) is 0. The number of fused-ring (bicyclic) bond motifs is 14. The molecule has 0 N–H and O–H groups in total. The molecule has 2 aliphatic rings. The van der Waals surface area contributed by atoms with E-state index < -0.39 is 0 Å². The molecule has 1 nitrogen and oxygen atoms in total. The summed E-state index contributed by atoms with van der Waals surface area (Å²) < 4.78 is 6.52. The van der Waals surface area contributed by atoms with Crippen molar-refractivity contribution in [2.24, 2.45) is 0 Å². The van der Waals surface area contributed by atoms with Crippen LogP contribution in [0, 0.1) is 0 Å². The predicted molar refractivity (Wildman–Crippen MR) is 232 cm³/mol. The highest BCUT2D eigenvalue weighted by molar-refractivity contribution is 6.22. The predicted octanol–water partition coefficient (Wildman–Crippen LogP) is 15.0. The molecule has 0 atom stereocenters. The van der Waals surface area contributed by atoms with Gasteiger partial charge in [0, 0.05) is 27.0 Å². The second-order valence-corrected chi connectivity index (χ2v) is 16.8. The smallest absolute Gasteiger partial charge is 0.143 e. The molecular formula is C54H38O. The van der Waals surface area contributed by atoms with Gasteiger partial charge in [0.1, 0.15) is 11.2 Å². The number of hydrogen-bond acceptors (Lipinski definition) is 1. The molecule has 0 spiro atoms. The van der Waals surface area contributed by atoms with Crippen molar-refractivity contribution >= 4 is 54.3 Å². The zero-order chi connectivity index (χ0) is 36.8. The fourth-order valence-corrected chi connectivity index (χ4v) is 10.7. The van der Waals surface area contributed by atoms with Crippen molar-refractivity contribution in [3.05, 3.63) is 180 Å². The molecule has 10 aromatic rings. The number of para-hydroxylation sites is 1. The lowest BCUT2D eigenvalue weighted by Gasteiger charge is -2.23. The van der Waals surface area contributed by atoms with Crippen molar-refractivity contribution in [1.29, 1.82) is 0 Å². The molecule has 0 amide bonds. The van der Waals surface area contributed by atoms with E-state index in [0.717, 1.165) is 11.2 Å². The fourth-order valence-electron chi connectivity index (χ4n) is 10.7. The van der Waals surface area contributed by atoms with E-state index in [4.69, 9.17) is 4.42 Å². The van der Waals surface area contributed by atoms with Crippen molar-refractivity contribution in [3.8, 4) is 44.5 Å². The normalized spacial score (nSPS) is 14.8. The summed E-state index contributed by atoms with van der Waals surface area (Å²) in [5, 5.41) is 9.92. The molecule has 12 rings (SSSR count). The fraction of sp³-hybridized carbons (Fsp3) is 0.111. The third-order valence-corrected chi connectivity index (χ3v) is 13.2. The van der Waals surface area contributed by atoms with Gasteiger partial charge in [-0.05, 0) is 124 Å². The van der Waals surface area contributed by atoms with Gasteiger partial charge in [0.15, 0.2) is 0 Å². The minimum atomic E-state index is -0.169. The van der Waals surface area contributed by atoms with E-state index in [1.165, 1.54) is 110 Å². The summed E-state index contributed by atoms with van der Waals surface area (Å²) in [6.45, 7) is 9.48. The topological polar surface area (TPSA) is 13.1 Å². The van der Waals surface area contributed by atoms with Crippen molar-refractivity contribution in [3.63, 3.8) is 0 Å². The van der Waals surface area contributed by atoms with Crippen LogP contribution in [-0.2, 0) is 10.8 Å². The van der Waals surface area contributed by atoms with Crippen LogP contribution in [0.1, 0.15) is 49.9 Å². The van der Waals surface area contributed by atoms with Gasteiger partial charge in [-0.2, -0.15) is 0 Å². The molecule has 0 fully saturated rings. The summed E-state index contributed by atoms with van der Waals surface area (Å²) in [6.07, 6.45) is 0. The maximum atomic E-state index is 6.52. The van der Waals surface area contributed by atoms with Crippen LogP contribution >= 0.6 is 0 Å². The lowest BCUT2D eigenvalue weighted by molar-refractivity contribution is 0.660. The molecule has 9 aromatic carbocycles. The van der Waals surface area contributed by atoms with Gasteiger partial charge >= 0.3 is 0 Å². The van der Waals surface area contributed by atoms with Gasteiger partial charge in [-0.1, -0.05) is 155 Å². The van der Waals surface area contributed by atoms with Gasteiger partial charge in [0.2, 0.25) is 0 Å². The summed E-state index contributed by atoms with van der Waals surface area (Å²) in [5.41, 5.74) is 17.7. The SMILES string of the molecule is CC1(C)c2ccccc2-c2cc(-c3c4ccccc4c(-c4ccc5c(c4)-c4ccc6c(ccc7c8ccccc8oc67)c4C5(C)C)c4ccccc34)ccc21. The zero-order valence-electron chi connectivity index (χ0n) is 31.4. The van der Waals surface area contributed by atoms with Crippen molar-refractivity contribution < 1.29 is 4.42 Å². The van der Waals surface area contributed by atoms with Gasteiger partial charge in [-0.15, -0.1) is 0 Å². The van der Waals surface area contributed by atoms with Crippen LogP contribution in [0.25, 0.3) is 98.8 Å². The number of benzene rings is 9.